The SMILES string of the molecule is CC(C)(C)c1cc(Cn2c(=O)n(Cc3cc(C(C)(C)C)c(O)c(C(C)(C)C)c3)c(=O)n(Cc3cc(C(C)(C)C)c([OH2+])c(C(C)(C)C)c3)c2=O)cc(C(C)(C)C)c1O. The molecular weight excluding hydrogens is 715 g/mol. The second kappa shape index (κ2) is 14.7. The molecule has 0 aliphatic rings. The van der Waals surface area contributed by atoms with E-state index in [2.05, 4.69) is 0 Å². The molecule has 0 amide bonds. The minimum absolute atomic E-state index is 0.115. The minimum atomic E-state index is -0.751. The number of aromatic hydroxyl groups is 2. The lowest BCUT2D eigenvalue weighted by Gasteiger charge is -2.28. The Morgan fingerprint density at radius 3 is 0.737 bits per heavy atom. The van der Waals surface area contributed by atoms with E-state index in [0.717, 1.165) is 24.8 Å². The van der Waals surface area contributed by atoms with Gasteiger partial charge in [-0.2, -0.15) is 0 Å². The van der Waals surface area contributed by atoms with Crippen LogP contribution in [0.25, 0.3) is 0 Å². The molecule has 4 N–H and O–H groups in total. The highest BCUT2D eigenvalue weighted by atomic mass is 16.3. The van der Waals surface area contributed by atoms with Gasteiger partial charge in [0.1, 0.15) is 11.5 Å². The average Bonchev–Trinajstić information content (AvgIpc) is 3.02. The summed E-state index contributed by atoms with van der Waals surface area (Å²) in [4.78, 5) is 44.1. The van der Waals surface area contributed by atoms with Crippen LogP contribution in [-0.4, -0.2) is 29.0 Å². The molecule has 0 saturated carbocycles. The standard InChI is InChI=1S/C48H69N3O6/c1-43(2,3)31-19-28(20-32(37(31)52)44(4,5)6)25-49-40(55)50(26-29-21-33(45(7,8)9)38(53)34(22-29)46(10,11)12)42(57)51(41(49)56)27-30-23-35(47(13,14)15)39(54)36(24-30)48(16,17)18/h19-24,52-54H,25-27H2,1-18H3/p+1. The summed E-state index contributed by atoms with van der Waals surface area (Å²) >= 11 is 0. The van der Waals surface area contributed by atoms with Gasteiger partial charge >= 0.3 is 17.1 Å². The predicted octanol–water partition coefficient (Wildman–Crippen LogP) is 8.95. The van der Waals surface area contributed by atoms with Crippen molar-refractivity contribution in [3.8, 4) is 17.2 Å². The van der Waals surface area contributed by atoms with Crippen molar-refractivity contribution in [1.82, 2.24) is 13.7 Å². The smallest absolute Gasteiger partial charge is 0.336 e. The Bertz CT molecular complexity index is 1960. The molecule has 9 heteroatoms. The van der Waals surface area contributed by atoms with Crippen molar-refractivity contribution in [3.63, 3.8) is 0 Å². The molecule has 1 aromatic heterocycles. The second-order valence-corrected chi connectivity index (χ2v) is 22.3. The largest absolute Gasteiger partial charge is 0.593 e. The lowest BCUT2D eigenvalue weighted by molar-refractivity contribution is 0.421. The van der Waals surface area contributed by atoms with E-state index in [9.17, 15) is 24.6 Å². The quantitative estimate of drug-likeness (QED) is 0.189. The Labute approximate surface area is 340 Å². The number of benzene rings is 3. The van der Waals surface area contributed by atoms with Crippen molar-refractivity contribution >= 4 is 0 Å². The van der Waals surface area contributed by atoms with Crippen LogP contribution in [0.5, 0.6) is 17.2 Å². The molecule has 9 nitrogen and oxygen atoms in total. The van der Waals surface area contributed by atoms with Crippen LogP contribution in [0, 0.1) is 0 Å². The first kappa shape index (κ1) is 45.2. The monoisotopic (exact) mass is 785 g/mol. The molecule has 0 unspecified atom stereocenters. The average molecular weight is 785 g/mol. The van der Waals surface area contributed by atoms with Crippen LogP contribution in [0.4, 0.5) is 0 Å². The van der Waals surface area contributed by atoms with Crippen molar-refractivity contribution in [2.45, 2.75) is 177 Å². The van der Waals surface area contributed by atoms with E-state index in [1.54, 1.807) is 0 Å². The van der Waals surface area contributed by atoms with Crippen LogP contribution in [0.3, 0.4) is 0 Å². The summed E-state index contributed by atoms with van der Waals surface area (Å²) < 4.78 is 3.37. The van der Waals surface area contributed by atoms with E-state index in [1.165, 1.54) is 0 Å². The molecule has 0 spiro atoms. The molecule has 0 bridgehead atoms. The van der Waals surface area contributed by atoms with Gasteiger partial charge in [0.2, 0.25) is 0 Å². The molecule has 3 aromatic carbocycles. The fourth-order valence-electron chi connectivity index (χ4n) is 7.47. The van der Waals surface area contributed by atoms with Gasteiger partial charge in [0.15, 0.2) is 0 Å². The third kappa shape index (κ3) is 9.45. The summed E-state index contributed by atoms with van der Waals surface area (Å²) in [5, 5.41) is 32.0. The molecule has 0 saturated heterocycles. The van der Waals surface area contributed by atoms with Crippen molar-refractivity contribution in [2.24, 2.45) is 0 Å². The number of rotatable bonds is 6. The van der Waals surface area contributed by atoms with Crippen LogP contribution in [0.15, 0.2) is 50.8 Å². The number of aromatic nitrogens is 3. The molecule has 0 fully saturated rings. The molecule has 0 radical (unpaired) electrons. The van der Waals surface area contributed by atoms with Crippen LogP contribution in [-0.2, 0) is 52.1 Å². The van der Waals surface area contributed by atoms with Crippen molar-refractivity contribution in [2.75, 3.05) is 0 Å². The first-order chi connectivity index (χ1) is 25.5. The minimum Gasteiger partial charge on any atom is -0.593 e. The van der Waals surface area contributed by atoms with E-state index < -0.39 is 38.7 Å². The normalized spacial score (nSPS) is 13.4. The maximum atomic E-state index is 14.7. The highest BCUT2D eigenvalue weighted by Gasteiger charge is 2.32. The highest BCUT2D eigenvalue weighted by molar-refractivity contribution is 5.52. The van der Waals surface area contributed by atoms with Gasteiger partial charge < -0.3 is 15.3 Å². The summed E-state index contributed by atoms with van der Waals surface area (Å²) in [5.41, 5.74) is 1.55. The molecule has 4 rings (SSSR count). The number of phenols is 2. The summed E-state index contributed by atoms with van der Waals surface area (Å²) in [6.45, 7) is 36.0. The zero-order valence-corrected chi connectivity index (χ0v) is 38.0. The number of nitrogens with zero attached hydrogens (tertiary/aromatic N) is 3. The Kier molecular flexibility index (Phi) is 11.6. The Hall–Kier alpha value is -4.53. The molecular formula is C48H70N3O6+. The van der Waals surface area contributed by atoms with Gasteiger partial charge in [0.05, 0.1) is 30.8 Å². The fraction of sp³-hybridized carbons (Fsp3) is 0.562. The van der Waals surface area contributed by atoms with Gasteiger partial charge in [-0.1, -0.05) is 125 Å². The second-order valence-electron chi connectivity index (χ2n) is 22.3. The zero-order valence-electron chi connectivity index (χ0n) is 38.0. The Balaban J connectivity index is 2.12. The molecule has 4 aromatic rings. The van der Waals surface area contributed by atoms with Gasteiger partial charge in [0, 0.05) is 0 Å². The van der Waals surface area contributed by atoms with Gasteiger partial charge in [0.25, 0.3) is 5.75 Å². The molecule has 0 atom stereocenters. The molecule has 1 heterocycles. The van der Waals surface area contributed by atoms with Gasteiger partial charge in [-0.15, -0.1) is 0 Å². The van der Waals surface area contributed by atoms with E-state index in [0.29, 0.717) is 44.7 Å². The topological polar surface area (TPSA) is 129 Å². The third-order valence-electron chi connectivity index (χ3n) is 10.8. The van der Waals surface area contributed by atoms with E-state index in [-0.39, 0.29) is 42.0 Å². The van der Waals surface area contributed by atoms with Gasteiger partial charge in [-0.05, 0) is 108 Å². The molecule has 312 valence electrons. The van der Waals surface area contributed by atoms with Crippen LogP contribution in [0.2, 0.25) is 0 Å². The predicted molar refractivity (Wildman–Crippen MR) is 234 cm³/mol. The van der Waals surface area contributed by atoms with Crippen LogP contribution in [0.1, 0.15) is 175 Å². The van der Waals surface area contributed by atoms with Crippen LogP contribution < -0.4 is 17.1 Å². The number of hydrogen-bond donors (Lipinski definition) is 2. The summed E-state index contributed by atoms with van der Waals surface area (Å²) in [6, 6.07) is 11.2. The van der Waals surface area contributed by atoms with Crippen molar-refractivity contribution in [1.29, 1.82) is 0 Å². The van der Waals surface area contributed by atoms with Crippen LogP contribution >= 0.6 is 0 Å². The molecule has 57 heavy (non-hydrogen) atoms. The maximum Gasteiger partial charge on any atom is 0.336 e. The van der Waals surface area contributed by atoms with E-state index >= 15 is 0 Å². The fourth-order valence-corrected chi connectivity index (χ4v) is 7.47. The van der Waals surface area contributed by atoms with E-state index in [4.69, 9.17) is 5.11 Å². The van der Waals surface area contributed by atoms with Crippen molar-refractivity contribution < 1.29 is 15.3 Å². The first-order valence-corrected chi connectivity index (χ1v) is 20.1. The third-order valence-corrected chi connectivity index (χ3v) is 10.8. The number of hydrogen-bond acceptors (Lipinski definition) is 5. The number of phenolic OH excluding ortho intramolecular Hbond substituents is 2. The molecule has 0 aliphatic heterocycles. The Morgan fingerprint density at radius 2 is 0.561 bits per heavy atom. The lowest BCUT2D eigenvalue weighted by atomic mass is 9.78. The lowest BCUT2D eigenvalue weighted by Crippen LogP contribution is -2.55. The summed E-state index contributed by atoms with van der Waals surface area (Å²) in [7, 11) is 0. The summed E-state index contributed by atoms with van der Waals surface area (Å²) in [6.07, 6.45) is 0. The maximum absolute atomic E-state index is 14.7. The first-order valence-electron chi connectivity index (χ1n) is 20.1. The highest BCUT2D eigenvalue weighted by Crippen LogP contribution is 2.42. The van der Waals surface area contributed by atoms with Gasteiger partial charge in [-0.3, -0.25) is 0 Å². The van der Waals surface area contributed by atoms with Crippen molar-refractivity contribution in [3.05, 3.63) is 118 Å². The molecule has 0 aliphatic carbocycles. The van der Waals surface area contributed by atoms with E-state index in [1.807, 2.05) is 161 Å². The zero-order chi connectivity index (χ0) is 43.8. The summed E-state index contributed by atoms with van der Waals surface area (Å²) in [5.74, 6) is 0.807. The Morgan fingerprint density at radius 1 is 0.386 bits per heavy atom. The van der Waals surface area contributed by atoms with Gasteiger partial charge in [-0.25, -0.2) is 28.1 Å².